The van der Waals surface area contributed by atoms with Gasteiger partial charge in [-0.2, -0.15) is 0 Å². The average molecular weight is 1380 g/mol. The van der Waals surface area contributed by atoms with E-state index >= 15 is 0 Å². The van der Waals surface area contributed by atoms with Gasteiger partial charge in [-0.25, -0.2) is 4.98 Å². The smallest absolute Gasteiger partial charge is 0.291 e. The molecule has 100 heavy (non-hydrogen) atoms. The van der Waals surface area contributed by atoms with Gasteiger partial charge in [0.2, 0.25) is 23.6 Å². The van der Waals surface area contributed by atoms with E-state index in [1.807, 2.05) is 19.0 Å². The molecule has 0 radical (unpaired) electrons. The Morgan fingerprint density at radius 1 is 0.370 bits per heavy atom. The predicted octanol–water partition coefficient (Wildman–Crippen LogP) is 1.59. The molecule has 530 valence electrons. The zero-order chi connectivity index (χ0) is 72.6. The summed E-state index contributed by atoms with van der Waals surface area (Å²) in [4.78, 5) is 162. The molecule has 1 atom stereocenters. The molecular weight excluding hydrogens is 1290 g/mol. The summed E-state index contributed by atoms with van der Waals surface area (Å²) in [6.45, 7) is 1.47. The minimum atomic E-state index is -1.08. The first-order valence-corrected chi connectivity index (χ1v) is 31.6. The Balaban J connectivity index is 0.717. The van der Waals surface area contributed by atoms with Crippen molar-refractivity contribution in [1.82, 2.24) is 73.0 Å². The molecule has 0 fully saturated rings. The second kappa shape index (κ2) is 33.1. The molecule has 8 rings (SSSR count). The Hall–Kier alpha value is -12.3. The number of anilines is 7. The number of amides is 12. The first-order valence-electron chi connectivity index (χ1n) is 31.6. The highest BCUT2D eigenvalue weighted by atomic mass is 16.2. The van der Waals surface area contributed by atoms with E-state index in [4.69, 9.17) is 5.73 Å². The first-order chi connectivity index (χ1) is 47.5. The summed E-state index contributed by atoms with van der Waals surface area (Å²) < 4.78 is 12.1. The molecule has 0 aromatic carbocycles. The third kappa shape index (κ3) is 19.7. The lowest BCUT2D eigenvalue weighted by molar-refractivity contribution is -0.121. The summed E-state index contributed by atoms with van der Waals surface area (Å²) >= 11 is 0. The van der Waals surface area contributed by atoms with Gasteiger partial charge in [-0.05, 0) is 75.9 Å². The monoisotopic (exact) mass is 1380 g/mol. The van der Waals surface area contributed by atoms with E-state index in [-0.39, 0.29) is 115 Å². The number of nitrogens with zero attached hydrogens (tertiary/aromatic N) is 10. The zero-order valence-electron chi connectivity index (χ0n) is 57.0. The lowest BCUT2D eigenvalue weighted by Crippen LogP contribution is -2.39. The SMILES string of the molecule is CN(C)CCCNC(=O)CCNC(=O)c1cc(NC(=O)CCNC(=O)c2cc(NC(=O)c3cc(NC(=O)c4cc(NC(=O)[C@H](N)CCNC(=O)c5cc(NC(=O)c6cc(NC(=O)CCNC(=O)c7cc(NC(=O)c8nccn8C)cn7C)cn6C)cn5C)cn4C)cn3C)cn2C)cn1C. The van der Waals surface area contributed by atoms with Gasteiger partial charge in [-0.3, -0.25) is 57.5 Å². The van der Waals surface area contributed by atoms with E-state index in [2.05, 4.69) is 68.8 Å². The molecule has 0 aliphatic rings. The molecule has 0 saturated carbocycles. The van der Waals surface area contributed by atoms with E-state index in [0.717, 1.165) is 13.0 Å². The van der Waals surface area contributed by atoms with Crippen molar-refractivity contribution in [3.05, 3.63) is 144 Å². The van der Waals surface area contributed by atoms with Gasteiger partial charge in [0, 0.05) is 164 Å². The molecule has 0 saturated heterocycles. The summed E-state index contributed by atoms with van der Waals surface area (Å²) in [6, 6.07) is 9.22. The third-order valence-corrected chi connectivity index (χ3v) is 15.6. The largest absolute Gasteiger partial charge is 0.356 e. The van der Waals surface area contributed by atoms with Crippen LogP contribution in [0.1, 0.15) is 116 Å². The molecule has 0 spiro atoms. The van der Waals surface area contributed by atoms with Crippen LogP contribution in [0, 0.1) is 0 Å². The Morgan fingerprint density at radius 2 is 0.670 bits per heavy atom. The number of carbonyl (C=O) groups excluding carboxylic acids is 12. The highest BCUT2D eigenvalue weighted by Crippen LogP contribution is 2.23. The van der Waals surface area contributed by atoms with Crippen LogP contribution >= 0.6 is 0 Å². The second-order valence-electron chi connectivity index (χ2n) is 24.0. The number of aromatic nitrogens is 9. The summed E-state index contributed by atoms with van der Waals surface area (Å²) in [7, 11) is 16.9. The summed E-state index contributed by atoms with van der Waals surface area (Å²) in [6.07, 6.45) is 14.7. The summed E-state index contributed by atoms with van der Waals surface area (Å²) in [5, 5.41) is 32.8. The molecule has 12 amide bonds. The number of carbonyl (C=O) groups is 12. The van der Waals surface area contributed by atoms with Gasteiger partial charge in [0.05, 0.1) is 45.9 Å². The molecule has 0 unspecified atom stereocenters. The van der Waals surface area contributed by atoms with Crippen LogP contribution in [-0.4, -0.2) is 177 Å². The van der Waals surface area contributed by atoms with Gasteiger partial charge < -0.3 is 111 Å². The molecule has 8 aromatic heterocycles. The number of aryl methyl sites for hydroxylation is 8. The quantitative estimate of drug-likeness (QED) is 0.0266. The zero-order valence-corrected chi connectivity index (χ0v) is 57.0. The Morgan fingerprint density at radius 3 is 1.00 bits per heavy atom. The van der Waals surface area contributed by atoms with Gasteiger partial charge in [0.15, 0.2) is 5.82 Å². The highest BCUT2D eigenvalue weighted by Gasteiger charge is 2.24. The second-order valence-corrected chi connectivity index (χ2v) is 24.0. The van der Waals surface area contributed by atoms with Gasteiger partial charge in [-0.15, -0.1) is 0 Å². The standard InChI is InChI=1S/C65H83N23O12/c1-80(2)22-11-16-67-53(89)13-18-70-59(94)46-24-38(31-82(46)4)73-54(90)14-19-71-60(95)48-27-42(35-84(48)6)77-64(99)52-30-43(36-88(52)10)78-63(98)51-29-40(33-87(51)9)75-57(92)45(66)12-17-69-58(93)47-26-41(34-83(47)5)76-62(97)50-25-39(32-86(50)8)74-55(91)15-20-72-61(96)49-28-44(37-85(49)7)79-65(100)56-68-21-23-81(56)3/h21,23-37,45H,11-20,22,66H2,1-10H3,(H,67,89)(H,69,93)(H,70,94)(H,71,95)(H,72,96)(H,73,90)(H,74,91)(H,75,92)(H,76,97)(H,77,99)(H,78,98)(H,79,100)/t45-/m1/s1. The first kappa shape index (κ1) is 73.5. The number of imidazole rings is 1. The molecule has 0 aliphatic heterocycles. The minimum absolute atomic E-state index is 0.00624. The number of hydrogen-bond donors (Lipinski definition) is 13. The van der Waals surface area contributed by atoms with Crippen molar-refractivity contribution in [1.29, 1.82) is 0 Å². The van der Waals surface area contributed by atoms with E-state index in [0.29, 0.717) is 35.0 Å². The molecule has 8 aromatic rings. The van der Waals surface area contributed by atoms with Crippen molar-refractivity contribution in [2.24, 2.45) is 62.1 Å². The molecule has 8 heterocycles. The van der Waals surface area contributed by atoms with Crippen LogP contribution in [0.3, 0.4) is 0 Å². The van der Waals surface area contributed by atoms with Crippen molar-refractivity contribution < 1.29 is 57.5 Å². The topological polar surface area (TPSA) is 431 Å². The van der Waals surface area contributed by atoms with Crippen LogP contribution in [-0.2, 0) is 75.6 Å². The van der Waals surface area contributed by atoms with Crippen LogP contribution < -0.4 is 69.5 Å². The maximum absolute atomic E-state index is 13.5. The lowest BCUT2D eigenvalue weighted by Gasteiger charge is -2.12. The molecule has 0 aliphatic carbocycles. The van der Waals surface area contributed by atoms with Crippen molar-refractivity contribution in [3.63, 3.8) is 0 Å². The van der Waals surface area contributed by atoms with E-state index in [9.17, 15) is 57.5 Å². The maximum atomic E-state index is 13.5. The van der Waals surface area contributed by atoms with Crippen LogP contribution in [0.2, 0.25) is 0 Å². The Kier molecular flexibility index (Phi) is 24.4. The summed E-state index contributed by atoms with van der Waals surface area (Å²) in [5.41, 5.74) is 9.80. The van der Waals surface area contributed by atoms with E-state index in [1.54, 1.807) is 90.3 Å². The molecule has 14 N–H and O–H groups in total. The van der Waals surface area contributed by atoms with Gasteiger partial charge in [-0.1, -0.05) is 0 Å². The van der Waals surface area contributed by atoms with Gasteiger partial charge in [0.1, 0.15) is 39.9 Å². The molecular formula is C65H83N23O12. The number of rotatable bonds is 32. The van der Waals surface area contributed by atoms with Crippen LogP contribution in [0.25, 0.3) is 0 Å². The van der Waals surface area contributed by atoms with Gasteiger partial charge in [0.25, 0.3) is 47.3 Å². The third-order valence-electron chi connectivity index (χ3n) is 15.6. The highest BCUT2D eigenvalue weighted by molar-refractivity contribution is 6.09. The van der Waals surface area contributed by atoms with E-state index < -0.39 is 71.0 Å². The molecule has 35 heteroatoms. The van der Waals surface area contributed by atoms with Crippen molar-refractivity contribution in [2.75, 3.05) is 90.6 Å². The molecule has 0 bridgehead atoms. The van der Waals surface area contributed by atoms with Crippen molar-refractivity contribution >= 4 is 111 Å². The lowest BCUT2D eigenvalue weighted by atomic mass is 10.2. The van der Waals surface area contributed by atoms with E-state index in [1.165, 1.54) is 101 Å². The van der Waals surface area contributed by atoms with Crippen LogP contribution in [0.4, 0.5) is 39.8 Å². The normalized spacial score (nSPS) is 11.3. The Bertz CT molecular complexity index is 4410. The van der Waals surface area contributed by atoms with Crippen molar-refractivity contribution in [3.8, 4) is 0 Å². The van der Waals surface area contributed by atoms with Crippen LogP contribution in [0.5, 0.6) is 0 Å². The van der Waals surface area contributed by atoms with Crippen LogP contribution in [0.15, 0.2) is 98.2 Å². The Labute approximate surface area is 573 Å². The number of nitrogens with two attached hydrogens (primary N) is 1. The fraction of sp³-hybridized carbons (Fsp3) is 0.338. The van der Waals surface area contributed by atoms with Crippen molar-refractivity contribution in [2.45, 2.75) is 38.1 Å². The maximum Gasteiger partial charge on any atom is 0.291 e. The number of nitrogens with one attached hydrogen (secondary N) is 12. The van der Waals surface area contributed by atoms with Gasteiger partial charge >= 0.3 is 0 Å². The average Bonchev–Trinajstić information content (AvgIpc) is 1.67. The fourth-order valence-electron chi connectivity index (χ4n) is 10.5. The fourth-order valence-corrected chi connectivity index (χ4v) is 10.5. The predicted molar refractivity (Wildman–Crippen MR) is 371 cm³/mol. The summed E-state index contributed by atoms with van der Waals surface area (Å²) in [5.74, 6) is -5.43. The number of hydrogen-bond acceptors (Lipinski definition) is 15. The molecule has 35 nitrogen and oxygen atoms in total. The minimum Gasteiger partial charge on any atom is -0.356 e.